The van der Waals surface area contributed by atoms with E-state index in [0.717, 1.165) is 25.7 Å². The number of nitro groups is 1. The molecule has 0 bridgehead atoms. The van der Waals surface area contributed by atoms with E-state index in [-0.39, 0.29) is 10.6 Å². The summed E-state index contributed by atoms with van der Waals surface area (Å²) in [5.74, 6) is 0. The van der Waals surface area contributed by atoms with Crippen LogP contribution in [0.1, 0.15) is 11.1 Å². The molecule has 1 heterocycles. The molecule has 28 heavy (non-hydrogen) atoms. The number of benzene rings is 2. The van der Waals surface area contributed by atoms with E-state index in [9.17, 15) is 18.5 Å². The van der Waals surface area contributed by atoms with Crippen molar-refractivity contribution in [3.05, 3.63) is 74.5 Å². The molecule has 0 N–H and O–H groups in total. The quantitative estimate of drug-likeness (QED) is 0.325. The highest BCUT2D eigenvalue weighted by atomic mass is 79.9. The van der Waals surface area contributed by atoms with Crippen molar-refractivity contribution in [2.45, 2.75) is 11.8 Å². The van der Waals surface area contributed by atoms with Crippen LogP contribution in [-0.4, -0.2) is 36.0 Å². The van der Waals surface area contributed by atoms with Crippen LogP contribution in [0.25, 0.3) is 10.8 Å². The average Bonchev–Trinajstić information content (AvgIpc) is 2.66. The molecule has 0 atom stereocenters. The molecule has 0 aliphatic carbocycles. The molecule has 0 aliphatic rings. The van der Waals surface area contributed by atoms with Crippen LogP contribution in [0.15, 0.2) is 63.3 Å². The van der Waals surface area contributed by atoms with E-state index < -0.39 is 14.9 Å². The third-order valence-electron chi connectivity index (χ3n) is 4.15. The summed E-state index contributed by atoms with van der Waals surface area (Å²) in [4.78, 5) is 14.3. The van der Waals surface area contributed by atoms with Gasteiger partial charge in [-0.05, 0) is 23.9 Å². The third kappa shape index (κ3) is 3.73. The van der Waals surface area contributed by atoms with Gasteiger partial charge in [-0.1, -0.05) is 34.1 Å². The Kier molecular flexibility index (Phi) is 5.43. The molecule has 0 fully saturated rings. The number of hydrogen-bond acceptors (Lipinski definition) is 6. The smallest absolute Gasteiger partial charge is 0.263 e. The second-order valence-electron chi connectivity index (χ2n) is 5.95. The van der Waals surface area contributed by atoms with Gasteiger partial charge in [0, 0.05) is 47.0 Å². The Hall–Kier alpha value is -2.85. The lowest BCUT2D eigenvalue weighted by molar-refractivity contribution is -0.385. The van der Waals surface area contributed by atoms with Crippen LogP contribution >= 0.6 is 15.9 Å². The number of non-ortho nitro benzene ring substituents is 1. The topological polar surface area (TPSA) is 106 Å². The first-order valence-corrected chi connectivity index (χ1v) is 10.3. The number of fused-ring (bicyclic) bond motifs is 1. The molecule has 3 rings (SSSR count). The molecule has 0 aliphatic heterocycles. The van der Waals surface area contributed by atoms with Gasteiger partial charge in [-0.15, -0.1) is 0 Å². The van der Waals surface area contributed by atoms with Crippen LogP contribution in [-0.2, 0) is 10.0 Å². The average molecular weight is 463 g/mol. The molecule has 0 spiro atoms. The van der Waals surface area contributed by atoms with Gasteiger partial charge in [0.25, 0.3) is 15.7 Å². The van der Waals surface area contributed by atoms with Gasteiger partial charge in [-0.25, -0.2) is 0 Å². The number of hydrazone groups is 1. The number of nitro benzene ring substituents is 1. The third-order valence-corrected chi connectivity index (χ3v) is 6.63. The van der Waals surface area contributed by atoms with Crippen molar-refractivity contribution >= 4 is 48.6 Å². The van der Waals surface area contributed by atoms with Gasteiger partial charge in [-0.3, -0.25) is 15.1 Å². The van der Waals surface area contributed by atoms with E-state index in [2.05, 4.69) is 26.0 Å². The van der Waals surface area contributed by atoms with Gasteiger partial charge in [0.2, 0.25) is 0 Å². The minimum atomic E-state index is -4.06. The first-order valence-electron chi connectivity index (χ1n) is 8.02. The molecular formula is C18H15BrN4O4S. The number of aromatic nitrogens is 1. The predicted molar refractivity (Wildman–Crippen MR) is 110 cm³/mol. The number of hydrogen-bond donors (Lipinski definition) is 0. The van der Waals surface area contributed by atoms with Crippen molar-refractivity contribution in [1.82, 2.24) is 9.40 Å². The lowest BCUT2D eigenvalue weighted by Gasteiger charge is -2.15. The second-order valence-corrected chi connectivity index (χ2v) is 8.73. The number of nitrogens with zero attached hydrogens (tertiary/aromatic N) is 4. The number of pyridine rings is 1. The summed E-state index contributed by atoms with van der Waals surface area (Å²) in [6.07, 6.45) is 4.67. The first-order chi connectivity index (χ1) is 13.2. The highest BCUT2D eigenvalue weighted by Gasteiger charge is 2.24. The van der Waals surface area contributed by atoms with Crippen LogP contribution in [0.5, 0.6) is 0 Å². The van der Waals surface area contributed by atoms with Crippen molar-refractivity contribution in [1.29, 1.82) is 0 Å². The van der Waals surface area contributed by atoms with E-state index in [1.807, 2.05) is 18.2 Å². The normalized spacial score (nSPS) is 11.8. The molecule has 8 nitrogen and oxygen atoms in total. The lowest BCUT2D eigenvalue weighted by Crippen LogP contribution is -2.23. The van der Waals surface area contributed by atoms with Gasteiger partial charge in [0.15, 0.2) is 0 Å². The zero-order chi connectivity index (χ0) is 20.5. The summed E-state index contributed by atoms with van der Waals surface area (Å²) in [7, 11) is -2.78. The fourth-order valence-electron chi connectivity index (χ4n) is 2.61. The Balaban J connectivity index is 1.99. The fourth-order valence-corrected chi connectivity index (χ4v) is 4.28. The van der Waals surface area contributed by atoms with E-state index in [1.165, 1.54) is 25.4 Å². The van der Waals surface area contributed by atoms with Gasteiger partial charge in [0.1, 0.15) is 0 Å². The molecule has 0 amide bonds. The molecule has 2 aromatic carbocycles. The van der Waals surface area contributed by atoms with Gasteiger partial charge >= 0.3 is 0 Å². The molecular weight excluding hydrogens is 448 g/mol. The van der Waals surface area contributed by atoms with Crippen LogP contribution in [0.2, 0.25) is 0 Å². The summed E-state index contributed by atoms with van der Waals surface area (Å²) < 4.78 is 27.3. The maximum absolute atomic E-state index is 12.8. The largest absolute Gasteiger partial charge is 0.279 e. The number of sulfonamides is 1. The first kappa shape index (κ1) is 19.9. The predicted octanol–water partition coefficient (Wildman–Crippen LogP) is 3.87. The maximum atomic E-state index is 12.8. The van der Waals surface area contributed by atoms with Gasteiger partial charge in [-0.2, -0.15) is 17.9 Å². The van der Waals surface area contributed by atoms with E-state index >= 15 is 0 Å². The summed E-state index contributed by atoms with van der Waals surface area (Å²) in [6.45, 7) is 1.57. The molecule has 0 saturated heterocycles. The number of halogens is 1. The van der Waals surface area contributed by atoms with Crippen LogP contribution in [0.4, 0.5) is 5.69 Å². The van der Waals surface area contributed by atoms with Gasteiger partial charge in [0.05, 0.1) is 16.0 Å². The Morgan fingerprint density at radius 3 is 2.68 bits per heavy atom. The minimum absolute atomic E-state index is 0.167. The van der Waals surface area contributed by atoms with Gasteiger partial charge < -0.3 is 0 Å². The summed E-state index contributed by atoms with van der Waals surface area (Å²) >= 11 is 3.45. The number of aryl methyl sites for hydroxylation is 1. The highest BCUT2D eigenvalue weighted by Crippen LogP contribution is 2.26. The summed E-state index contributed by atoms with van der Waals surface area (Å²) in [6, 6.07) is 9.31. The molecule has 0 unspecified atom stereocenters. The van der Waals surface area contributed by atoms with Crippen molar-refractivity contribution in [3.8, 4) is 0 Å². The van der Waals surface area contributed by atoms with Crippen molar-refractivity contribution in [3.63, 3.8) is 0 Å². The van der Waals surface area contributed by atoms with Crippen molar-refractivity contribution < 1.29 is 13.3 Å². The Morgan fingerprint density at radius 2 is 1.96 bits per heavy atom. The maximum Gasteiger partial charge on any atom is 0.279 e. The Labute approximate surface area is 169 Å². The lowest BCUT2D eigenvalue weighted by atomic mass is 10.1. The fraction of sp³-hybridized carbons (Fsp3) is 0.111. The van der Waals surface area contributed by atoms with Crippen LogP contribution in [0, 0.1) is 17.0 Å². The second kappa shape index (κ2) is 7.64. The van der Waals surface area contributed by atoms with E-state index in [1.54, 1.807) is 19.3 Å². The van der Waals surface area contributed by atoms with Crippen LogP contribution < -0.4 is 0 Å². The van der Waals surface area contributed by atoms with Crippen LogP contribution in [0.3, 0.4) is 0 Å². The number of rotatable bonds is 5. The summed E-state index contributed by atoms with van der Waals surface area (Å²) in [5, 5.41) is 16.7. The zero-order valence-corrected chi connectivity index (χ0v) is 17.3. The molecule has 3 aromatic rings. The minimum Gasteiger partial charge on any atom is -0.263 e. The zero-order valence-electron chi connectivity index (χ0n) is 14.9. The molecule has 0 radical (unpaired) electrons. The Bertz CT molecular complexity index is 1210. The van der Waals surface area contributed by atoms with Crippen molar-refractivity contribution in [2.75, 3.05) is 7.05 Å². The standard InChI is InChI=1S/C18H15BrN4O4S/c1-12-6-7-14(23(24)25)8-18(12)28(26,27)22(2)21-10-13-9-20-11-16-15(13)4-3-5-17(16)19/h3-11H,1-2H3/b21-10+. The molecule has 10 heteroatoms. The van der Waals surface area contributed by atoms with Crippen molar-refractivity contribution in [2.24, 2.45) is 5.10 Å². The monoisotopic (exact) mass is 462 g/mol. The SMILES string of the molecule is Cc1ccc([N+](=O)[O-])cc1S(=O)(=O)N(C)/N=C/c1cncc2c(Br)cccc12. The molecule has 1 aromatic heterocycles. The van der Waals surface area contributed by atoms with E-state index in [4.69, 9.17) is 0 Å². The Morgan fingerprint density at radius 1 is 1.21 bits per heavy atom. The molecule has 0 saturated carbocycles. The van der Waals surface area contributed by atoms with E-state index in [0.29, 0.717) is 11.1 Å². The highest BCUT2D eigenvalue weighted by molar-refractivity contribution is 9.10. The molecule has 144 valence electrons. The summed E-state index contributed by atoms with van der Waals surface area (Å²) in [5.41, 5.74) is 0.727.